The molecule has 0 radical (unpaired) electrons. The molecular weight excluding hydrogens is 242 g/mol. The molecule has 17 heavy (non-hydrogen) atoms. The summed E-state index contributed by atoms with van der Waals surface area (Å²) in [4.78, 5) is 11.5. The van der Waals surface area contributed by atoms with Crippen molar-refractivity contribution >= 4 is 22.6 Å². The number of aromatic amines is 1. The second-order valence-corrected chi connectivity index (χ2v) is 3.85. The molecule has 0 saturated heterocycles. The first kappa shape index (κ1) is 9.98. The zero-order valence-electron chi connectivity index (χ0n) is 8.46. The minimum absolute atomic E-state index is 0.316. The fourth-order valence-corrected chi connectivity index (χ4v) is 1.76. The van der Waals surface area contributed by atoms with E-state index in [2.05, 4.69) is 20.5 Å². The van der Waals surface area contributed by atoms with Crippen LogP contribution in [0.25, 0.3) is 16.7 Å². The Bertz CT molecular complexity index is 748. The van der Waals surface area contributed by atoms with Crippen molar-refractivity contribution in [3.63, 3.8) is 0 Å². The van der Waals surface area contributed by atoms with Crippen molar-refractivity contribution < 1.29 is 0 Å². The van der Waals surface area contributed by atoms with Crippen LogP contribution in [-0.2, 0) is 0 Å². The van der Waals surface area contributed by atoms with Crippen molar-refractivity contribution in [2.45, 2.75) is 0 Å². The molecule has 0 aliphatic carbocycles. The highest BCUT2D eigenvalue weighted by atomic mass is 35.5. The monoisotopic (exact) mass is 247 g/mol. The molecule has 0 amide bonds. The Morgan fingerprint density at radius 1 is 1.35 bits per heavy atom. The predicted octanol–water partition coefficient (Wildman–Crippen LogP) is 1.16. The van der Waals surface area contributed by atoms with E-state index < -0.39 is 0 Å². The zero-order valence-corrected chi connectivity index (χ0v) is 9.22. The highest BCUT2D eigenvalue weighted by Crippen LogP contribution is 2.16. The Kier molecular flexibility index (Phi) is 2.15. The molecule has 0 atom stereocenters. The number of nitrogens with zero attached hydrogens (tertiary/aromatic N) is 4. The van der Waals surface area contributed by atoms with Gasteiger partial charge in [0.05, 0.1) is 11.9 Å². The van der Waals surface area contributed by atoms with E-state index in [-0.39, 0.29) is 5.56 Å². The third kappa shape index (κ3) is 1.58. The normalized spacial score (nSPS) is 10.9. The van der Waals surface area contributed by atoms with E-state index in [4.69, 9.17) is 11.6 Å². The average Bonchev–Trinajstić information content (AvgIpc) is 2.74. The van der Waals surface area contributed by atoms with Gasteiger partial charge in [0.15, 0.2) is 5.65 Å². The van der Waals surface area contributed by atoms with Gasteiger partial charge in [0.25, 0.3) is 5.56 Å². The van der Waals surface area contributed by atoms with Crippen LogP contribution in [-0.4, -0.2) is 25.2 Å². The molecule has 0 fully saturated rings. The minimum atomic E-state index is -0.316. The number of rotatable bonds is 1. The number of aromatic nitrogens is 5. The van der Waals surface area contributed by atoms with E-state index in [1.165, 1.54) is 10.9 Å². The molecule has 3 rings (SSSR count). The molecule has 0 bridgehead atoms. The van der Waals surface area contributed by atoms with Crippen LogP contribution in [0.3, 0.4) is 0 Å². The van der Waals surface area contributed by atoms with Crippen LogP contribution in [0, 0.1) is 0 Å². The van der Waals surface area contributed by atoms with E-state index in [1.807, 2.05) is 6.07 Å². The molecule has 0 aliphatic rings. The van der Waals surface area contributed by atoms with Gasteiger partial charge in [-0.15, -0.1) is 5.10 Å². The van der Waals surface area contributed by atoms with Gasteiger partial charge in [-0.3, -0.25) is 4.79 Å². The van der Waals surface area contributed by atoms with E-state index in [0.717, 1.165) is 5.69 Å². The quantitative estimate of drug-likeness (QED) is 0.700. The maximum Gasteiger partial charge on any atom is 0.278 e. The summed E-state index contributed by atoms with van der Waals surface area (Å²) < 4.78 is 1.52. The summed E-state index contributed by atoms with van der Waals surface area (Å²) in [5.74, 6) is 0. The van der Waals surface area contributed by atoms with Gasteiger partial charge in [0.1, 0.15) is 5.39 Å². The molecule has 7 heteroatoms. The second-order valence-electron chi connectivity index (χ2n) is 3.41. The number of halogens is 1. The Balaban J connectivity index is 2.32. The highest BCUT2D eigenvalue weighted by Gasteiger charge is 2.09. The van der Waals surface area contributed by atoms with Gasteiger partial charge in [-0.25, -0.2) is 9.78 Å². The number of fused-ring (bicyclic) bond motifs is 1. The standard InChI is InChI=1S/C10H6ClN5O/c11-6-2-1-3-7(4-6)16-9-8(5-12-16)10(17)14-15-13-9/h1-5H,(H,13,14,17). The third-order valence-electron chi connectivity index (χ3n) is 2.34. The Hall–Kier alpha value is -2.21. The minimum Gasteiger partial charge on any atom is -0.267 e. The summed E-state index contributed by atoms with van der Waals surface area (Å²) in [6.07, 6.45) is 1.45. The summed E-state index contributed by atoms with van der Waals surface area (Å²) in [7, 11) is 0. The van der Waals surface area contributed by atoms with Crippen molar-refractivity contribution in [1.82, 2.24) is 25.2 Å². The van der Waals surface area contributed by atoms with Crippen LogP contribution in [0.4, 0.5) is 0 Å². The summed E-state index contributed by atoms with van der Waals surface area (Å²) in [6, 6.07) is 7.11. The molecule has 1 aromatic carbocycles. The molecule has 0 aliphatic heterocycles. The van der Waals surface area contributed by atoms with Crippen LogP contribution in [0.5, 0.6) is 0 Å². The van der Waals surface area contributed by atoms with Gasteiger partial charge in [-0.2, -0.15) is 5.10 Å². The van der Waals surface area contributed by atoms with E-state index >= 15 is 0 Å². The summed E-state index contributed by atoms with van der Waals surface area (Å²) in [6.45, 7) is 0. The summed E-state index contributed by atoms with van der Waals surface area (Å²) >= 11 is 5.90. The topological polar surface area (TPSA) is 76.5 Å². The van der Waals surface area contributed by atoms with Crippen molar-refractivity contribution in [2.75, 3.05) is 0 Å². The molecule has 0 unspecified atom stereocenters. The van der Waals surface area contributed by atoms with E-state index in [9.17, 15) is 4.79 Å². The first-order valence-electron chi connectivity index (χ1n) is 4.81. The summed E-state index contributed by atoms with van der Waals surface area (Å²) in [5, 5.41) is 14.7. The van der Waals surface area contributed by atoms with Crippen molar-refractivity contribution in [2.24, 2.45) is 0 Å². The van der Waals surface area contributed by atoms with Crippen molar-refractivity contribution in [3.05, 3.63) is 45.8 Å². The molecular formula is C10H6ClN5O. The lowest BCUT2D eigenvalue weighted by Gasteiger charge is -2.01. The molecule has 2 aromatic heterocycles. The lowest BCUT2D eigenvalue weighted by Crippen LogP contribution is -2.10. The van der Waals surface area contributed by atoms with Crippen LogP contribution in [0.2, 0.25) is 5.02 Å². The zero-order chi connectivity index (χ0) is 11.8. The smallest absolute Gasteiger partial charge is 0.267 e. The molecule has 84 valence electrons. The molecule has 0 saturated carbocycles. The van der Waals surface area contributed by atoms with E-state index in [1.54, 1.807) is 18.2 Å². The lowest BCUT2D eigenvalue weighted by molar-refractivity contribution is 0.829. The van der Waals surface area contributed by atoms with Crippen molar-refractivity contribution in [1.29, 1.82) is 0 Å². The summed E-state index contributed by atoms with van der Waals surface area (Å²) in [5.41, 5.74) is 0.812. The first-order valence-corrected chi connectivity index (χ1v) is 5.18. The van der Waals surface area contributed by atoms with Gasteiger partial charge in [0, 0.05) is 5.02 Å². The van der Waals surface area contributed by atoms with Gasteiger partial charge < -0.3 is 0 Å². The highest BCUT2D eigenvalue weighted by molar-refractivity contribution is 6.30. The molecule has 6 nitrogen and oxygen atoms in total. The van der Waals surface area contributed by atoms with Gasteiger partial charge in [-0.05, 0) is 18.2 Å². The Morgan fingerprint density at radius 2 is 2.24 bits per heavy atom. The number of H-pyrrole nitrogens is 1. The van der Waals surface area contributed by atoms with Gasteiger partial charge >= 0.3 is 0 Å². The number of hydrogen-bond acceptors (Lipinski definition) is 4. The number of hydrogen-bond donors (Lipinski definition) is 1. The third-order valence-corrected chi connectivity index (χ3v) is 2.57. The van der Waals surface area contributed by atoms with Gasteiger partial charge in [-0.1, -0.05) is 22.9 Å². The number of benzene rings is 1. The molecule has 2 heterocycles. The molecule has 1 N–H and O–H groups in total. The molecule has 3 aromatic rings. The Labute approximate surface area is 99.8 Å². The largest absolute Gasteiger partial charge is 0.278 e. The van der Waals surface area contributed by atoms with Crippen LogP contribution in [0.15, 0.2) is 35.3 Å². The predicted molar refractivity (Wildman–Crippen MR) is 62.3 cm³/mol. The Morgan fingerprint density at radius 3 is 3.06 bits per heavy atom. The van der Waals surface area contributed by atoms with Crippen LogP contribution < -0.4 is 5.56 Å². The van der Waals surface area contributed by atoms with Gasteiger partial charge in [0.2, 0.25) is 0 Å². The van der Waals surface area contributed by atoms with Crippen LogP contribution >= 0.6 is 11.6 Å². The van der Waals surface area contributed by atoms with E-state index in [0.29, 0.717) is 16.1 Å². The first-order chi connectivity index (χ1) is 8.25. The SMILES string of the molecule is O=c1[nH]nnc2c1cnn2-c1cccc(Cl)c1. The average molecular weight is 248 g/mol. The van der Waals surface area contributed by atoms with Crippen molar-refractivity contribution in [3.8, 4) is 5.69 Å². The second kappa shape index (κ2) is 3.67. The fraction of sp³-hybridized carbons (Fsp3) is 0. The maximum atomic E-state index is 11.5. The molecule has 0 spiro atoms. The fourth-order valence-electron chi connectivity index (χ4n) is 1.57. The lowest BCUT2D eigenvalue weighted by atomic mass is 10.3. The maximum absolute atomic E-state index is 11.5. The number of nitrogens with one attached hydrogen (secondary N) is 1. The van der Waals surface area contributed by atoms with Crippen LogP contribution in [0.1, 0.15) is 0 Å².